The number of rotatable bonds is 5. The van der Waals surface area contributed by atoms with Crippen LogP contribution in [0.25, 0.3) is 0 Å². The van der Waals surface area contributed by atoms with Crippen molar-refractivity contribution >= 4 is 11.8 Å². The highest BCUT2D eigenvalue weighted by molar-refractivity contribution is 5.87. The molecule has 0 unspecified atom stereocenters. The number of morpholine rings is 1. The van der Waals surface area contributed by atoms with Crippen molar-refractivity contribution < 1.29 is 23.5 Å². The predicted octanol–water partition coefficient (Wildman–Crippen LogP) is 2.22. The maximum atomic E-state index is 13.4. The van der Waals surface area contributed by atoms with E-state index in [1.807, 2.05) is 9.80 Å². The number of hydrogen-bond acceptors (Lipinski definition) is 4. The summed E-state index contributed by atoms with van der Waals surface area (Å²) >= 11 is 0. The summed E-state index contributed by atoms with van der Waals surface area (Å²) in [6.45, 7) is 4.36. The second-order valence-electron chi connectivity index (χ2n) is 7.91. The van der Waals surface area contributed by atoms with Gasteiger partial charge < -0.3 is 19.3 Å². The molecule has 4 rings (SSSR count). The normalized spacial score (nSPS) is 29.2. The van der Waals surface area contributed by atoms with Gasteiger partial charge in [0.05, 0.1) is 18.6 Å². The van der Waals surface area contributed by atoms with E-state index in [9.17, 15) is 14.0 Å². The number of halogens is 1. The first kappa shape index (κ1) is 19.2. The first-order valence-corrected chi connectivity index (χ1v) is 10.1. The minimum atomic E-state index is -0.494. The van der Waals surface area contributed by atoms with E-state index in [1.165, 1.54) is 24.3 Å². The van der Waals surface area contributed by atoms with E-state index in [2.05, 4.69) is 6.92 Å². The number of amides is 2. The van der Waals surface area contributed by atoms with E-state index in [0.717, 1.165) is 25.7 Å². The highest BCUT2D eigenvalue weighted by Crippen LogP contribution is 2.52. The van der Waals surface area contributed by atoms with Crippen molar-refractivity contribution in [1.29, 1.82) is 0 Å². The van der Waals surface area contributed by atoms with E-state index in [4.69, 9.17) is 9.47 Å². The Morgan fingerprint density at radius 1 is 1.21 bits per heavy atom. The minimum absolute atomic E-state index is 0.0674. The van der Waals surface area contributed by atoms with Crippen molar-refractivity contribution in [3.63, 3.8) is 0 Å². The van der Waals surface area contributed by atoms with Gasteiger partial charge in [-0.15, -0.1) is 0 Å². The average molecular weight is 390 g/mol. The van der Waals surface area contributed by atoms with Gasteiger partial charge in [-0.25, -0.2) is 4.39 Å². The summed E-state index contributed by atoms with van der Waals surface area (Å²) in [5.74, 6) is 0.197. The average Bonchev–Trinajstić information content (AvgIpc) is 3.30. The predicted molar refractivity (Wildman–Crippen MR) is 100 cm³/mol. The molecule has 3 fully saturated rings. The number of nitrogens with zero attached hydrogens (tertiary/aromatic N) is 2. The van der Waals surface area contributed by atoms with Crippen LogP contribution in [0.5, 0.6) is 5.75 Å². The third kappa shape index (κ3) is 3.26. The third-order valence-corrected chi connectivity index (χ3v) is 6.56. The van der Waals surface area contributed by atoms with Gasteiger partial charge >= 0.3 is 0 Å². The number of benzene rings is 1. The van der Waals surface area contributed by atoms with Crippen LogP contribution in [0.1, 0.15) is 32.6 Å². The fourth-order valence-electron chi connectivity index (χ4n) is 5.15. The van der Waals surface area contributed by atoms with Crippen molar-refractivity contribution in [3.8, 4) is 5.75 Å². The second kappa shape index (κ2) is 7.70. The molecule has 3 atom stereocenters. The summed E-state index contributed by atoms with van der Waals surface area (Å²) < 4.78 is 24.0. The molecule has 0 radical (unpaired) electrons. The number of fused-ring (bicyclic) bond motifs is 2. The SMILES string of the molecule is CC[C@]1(C(=O)N2CCOCC2)C[C@H]2CC[C@@H]1N2C(=O)COc1ccc(F)cc1. The number of carbonyl (C=O) groups excluding carboxylic acids is 2. The number of carbonyl (C=O) groups is 2. The fourth-order valence-corrected chi connectivity index (χ4v) is 5.15. The number of hydrogen-bond donors (Lipinski definition) is 0. The van der Waals surface area contributed by atoms with Gasteiger partial charge in [-0.05, 0) is 49.9 Å². The first-order valence-electron chi connectivity index (χ1n) is 10.1. The quantitative estimate of drug-likeness (QED) is 0.774. The van der Waals surface area contributed by atoms with Gasteiger partial charge in [-0.2, -0.15) is 0 Å². The van der Waals surface area contributed by atoms with Gasteiger partial charge in [0, 0.05) is 25.2 Å². The Morgan fingerprint density at radius 2 is 1.93 bits per heavy atom. The Labute approximate surface area is 164 Å². The summed E-state index contributed by atoms with van der Waals surface area (Å²) in [6, 6.07) is 5.67. The van der Waals surface area contributed by atoms with Crippen LogP contribution in [0.2, 0.25) is 0 Å². The highest BCUT2D eigenvalue weighted by atomic mass is 19.1. The van der Waals surface area contributed by atoms with Crippen molar-refractivity contribution in [1.82, 2.24) is 9.80 Å². The Kier molecular flexibility index (Phi) is 5.27. The van der Waals surface area contributed by atoms with Crippen molar-refractivity contribution in [2.75, 3.05) is 32.9 Å². The summed E-state index contributed by atoms with van der Waals surface area (Å²) in [4.78, 5) is 30.1. The molecule has 2 bridgehead atoms. The van der Waals surface area contributed by atoms with Crippen LogP contribution in [0.15, 0.2) is 24.3 Å². The molecular formula is C21H27FN2O4. The second-order valence-corrected chi connectivity index (χ2v) is 7.91. The molecule has 0 saturated carbocycles. The Hall–Kier alpha value is -2.15. The molecular weight excluding hydrogens is 363 g/mol. The molecule has 6 nitrogen and oxygen atoms in total. The van der Waals surface area contributed by atoms with E-state index in [1.54, 1.807) is 0 Å². The number of ether oxygens (including phenoxy) is 2. The van der Waals surface area contributed by atoms with Crippen LogP contribution in [-0.2, 0) is 14.3 Å². The molecule has 0 N–H and O–H groups in total. The molecule has 1 aromatic carbocycles. The summed E-state index contributed by atoms with van der Waals surface area (Å²) in [7, 11) is 0. The maximum absolute atomic E-state index is 13.4. The zero-order valence-electron chi connectivity index (χ0n) is 16.2. The molecule has 28 heavy (non-hydrogen) atoms. The van der Waals surface area contributed by atoms with E-state index in [-0.39, 0.29) is 36.3 Å². The zero-order valence-corrected chi connectivity index (χ0v) is 16.2. The van der Waals surface area contributed by atoms with E-state index >= 15 is 0 Å². The Morgan fingerprint density at radius 3 is 2.61 bits per heavy atom. The molecule has 7 heteroatoms. The monoisotopic (exact) mass is 390 g/mol. The minimum Gasteiger partial charge on any atom is -0.484 e. The summed E-state index contributed by atoms with van der Waals surface area (Å²) in [6.07, 6.45) is 3.25. The first-order chi connectivity index (χ1) is 13.5. The largest absolute Gasteiger partial charge is 0.484 e. The lowest BCUT2D eigenvalue weighted by molar-refractivity contribution is -0.149. The highest BCUT2D eigenvalue weighted by Gasteiger charge is 2.61. The molecule has 3 aliphatic heterocycles. The lowest BCUT2D eigenvalue weighted by Gasteiger charge is -2.40. The van der Waals surface area contributed by atoms with Crippen molar-refractivity contribution in [3.05, 3.63) is 30.1 Å². The van der Waals surface area contributed by atoms with Gasteiger partial charge in [0.15, 0.2) is 6.61 Å². The van der Waals surface area contributed by atoms with Crippen LogP contribution in [-0.4, -0.2) is 66.6 Å². The van der Waals surface area contributed by atoms with Crippen molar-refractivity contribution in [2.24, 2.45) is 5.41 Å². The maximum Gasteiger partial charge on any atom is 0.261 e. The van der Waals surface area contributed by atoms with Gasteiger partial charge in [-0.1, -0.05) is 6.92 Å². The summed E-state index contributed by atoms with van der Waals surface area (Å²) in [5.41, 5.74) is -0.494. The topological polar surface area (TPSA) is 59.1 Å². The van der Waals surface area contributed by atoms with Crippen LogP contribution in [0.3, 0.4) is 0 Å². The summed E-state index contributed by atoms with van der Waals surface area (Å²) in [5, 5.41) is 0. The zero-order chi connectivity index (χ0) is 19.7. The smallest absolute Gasteiger partial charge is 0.261 e. The van der Waals surface area contributed by atoms with E-state index in [0.29, 0.717) is 32.1 Å². The molecule has 0 aliphatic carbocycles. The third-order valence-electron chi connectivity index (χ3n) is 6.56. The van der Waals surface area contributed by atoms with Crippen molar-refractivity contribution in [2.45, 2.75) is 44.7 Å². The lowest BCUT2D eigenvalue weighted by Crippen LogP contribution is -2.54. The van der Waals surface area contributed by atoms with Crippen LogP contribution in [0.4, 0.5) is 4.39 Å². The standard InChI is InChI=1S/C21H27FN2O4/c1-2-21(20(26)23-9-11-27-12-10-23)13-16-5-8-18(21)24(16)19(25)14-28-17-6-3-15(22)4-7-17/h3-4,6-7,16,18H,2,5,8-14H2,1H3/t16-,18+,21+/m1/s1. The van der Waals surface area contributed by atoms with Crippen LogP contribution >= 0.6 is 0 Å². The van der Waals surface area contributed by atoms with Gasteiger partial charge in [0.25, 0.3) is 5.91 Å². The van der Waals surface area contributed by atoms with Crippen LogP contribution in [0, 0.1) is 11.2 Å². The molecule has 0 spiro atoms. The molecule has 3 heterocycles. The Bertz CT molecular complexity index is 734. The molecule has 2 amide bonds. The molecule has 1 aromatic rings. The lowest BCUT2D eigenvalue weighted by atomic mass is 9.70. The van der Waals surface area contributed by atoms with Gasteiger partial charge in [0.2, 0.25) is 5.91 Å². The van der Waals surface area contributed by atoms with Crippen LogP contribution < -0.4 is 4.74 Å². The van der Waals surface area contributed by atoms with Gasteiger partial charge in [0.1, 0.15) is 11.6 Å². The Balaban J connectivity index is 1.46. The van der Waals surface area contributed by atoms with E-state index < -0.39 is 5.41 Å². The molecule has 0 aromatic heterocycles. The molecule has 152 valence electrons. The van der Waals surface area contributed by atoms with Gasteiger partial charge in [-0.3, -0.25) is 9.59 Å². The molecule has 3 aliphatic rings. The molecule has 3 saturated heterocycles. The fraction of sp³-hybridized carbons (Fsp3) is 0.619.